The molecule has 0 saturated carbocycles. The van der Waals surface area contributed by atoms with E-state index >= 15 is 0 Å². The zero-order valence-corrected chi connectivity index (χ0v) is 13.6. The van der Waals surface area contributed by atoms with Crippen molar-refractivity contribution in [1.82, 2.24) is 5.32 Å². The number of nitrogens with one attached hydrogen (secondary N) is 1. The van der Waals surface area contributed by atoms with Gasteiger partial charge in [-0.1, -0.05) is 40.6 Å². The zero-order valence-electron chi connectivity index (χ0n) is 11.2. The van der Waals surface area contributed by atoms with E-state index in [1.165, 1.54) is 20.9 Å². The summed E-state index contributed by atoms with van der Waals surface area (Å²) in [6, 6.07) is 12.8. The van der Waals surface area contributed by atoms with Gasteiger partial charge in [-0.05, 0) is 49.4 Å². The van der Waals surface area contributed by atoms with Gasteiger partial charge in [0.15, 0.2) is 0 Å². The highest BCUT2D eigenvalue weighted by atomic mass is 79.9. The summed E-state index contributed by atoms with van der Waals surface area (Å²) in [5, 5.41) is 3.34. The summed E-state index contributed by atoms with van der Waals surface area (Å²) < 4.78 is 1.12. The number of benzene rings is 1. The summed E-state index contributed by atoms with van der Waals surface area (Å²) >= 11 is 5.35. The molecule has 0 atom stereocenters. The van der Waals surface area contributed by atoms with Crippen LogP contribution in [-0.4, -0.2) is 13.1 Å². The first kappa shape index (κ1) is 14.5. The predicted octanol–water partition coefficient (Wildman–Crippen LogP) is 5.19. The maximum Gasteiger partial charge on any atom is 0.0349 e. The van der Waals surface area contributed by atoms with E-state index in [1.807, 2.05) is 11.3 Å². The second-order valence-electron chi connectivity index (χ2n) is 4.48. The molecule has 100 valence electrons. The van der Waals surface area contributed by atoms with Crippen molar-refractivity contribution in [3.63, 3.8) is 0 Å². The highest BCUT2D eigenvalue weighted by Gasteiger charge is 2.02. The number of rotatable bonds is 5. The molecule has 1 N–H and O–H groups in total. The second kappa shape index (κ2) is 7.04. The number of thiophene rings is 1. The first-order valence-corrected chi connectivity index (χ1v) is 8.03. The monoisotopic (exact) mass is 335 g/mol. The van der Waals surface area contributed by atoms with Gasteiger partial charge in [0.1, 0.15) is 0 Å². The Kier molecular flexibility index (Phi) is 5.37. The normalized spacial score (nSPS) is 11.8. The molecule has 0 bridgehead atoms. The smallest absolute Gasteiger partial charge is 0.0349 e. The Bertz CT molecular complexity index is 572. The van der Waals surface area contributed by atoms with Gasteiger partial charge in [-0.15, -0.1) is 11.3 Å². The topological polar surface area (TPSA) is 12.0 Å². The lowest BCUT2D eigenvalue weighted by atomic mass is 10.2. The quantitative estimate of drug-likeness (QED) is 0.792. The van der Waals surface area contributed by atoms with Crippen molar-refractivity contribution in [1.29, 1.82) is 0 Å². The van der Waals surface area contributed by atoms with E-state index in [9.17, 15) is 0 Å². The van der Waals surface area contributed by atoms with Crippen molar-refractivity contribution in [2.75, 3.05) is 13.1 Å². The number of halogens is 1. The predicted molar refractivity (Wildman–Crippen MR) is 89.6 cm³/mol. The molecule has 0 unspecified atom stereocenters. The maximum absolute atomic E-state index is 3.52. The summed E-state index contributed by atoms with van der Waals surface area (Å²) in [6.07, 6.45) is 2.26. The molecular weight excluding hydrogens is 318 g/mol. The summed E-state index contributed by atoms with van der Waals surface area (Å²) in [6.45, 7) is 6.27. The third-order valence-corrected chi connectivity index (χ3v) is 4.35. The van der Waals surface area contributed by atoms with Crippen LogP contribution in [0, 0.1) is 0 Å². The van der Waals surface area contributed by atoms with Crippen molar-refractivity contribution in [2.24, 2.45) is 0 Å². The van der Waals surface area contributed by atoms with Gasteiger partial charge < -0.3 is 5.32 Å². The number of hydrogen-bond acceptors (Lipinski definition) is 2. The van der Waals surface area contributed by atoms with Crippen LogP contribution in [0.5, 0.6) is 0 Å². The molecule has 2 rings (SSSR count). The Hall–Kier alpha value is -0.900. The third kappa shape index (κ3) is 4.30. The molecule has 0 saturated heterocycles. The van der Waals surface area contributed by atoms with Crippen molar-refractivity contribution >= 4 is 33.3 Å². The molecule has 1 aromatic carbocycles. The van der Waals surface area contributed by atoms with E-state index in [1.54, 1.807) is 0 Å². The van der Waals surface area contributed by atoms with Crippen molar-refractivity contribution in [2.45, 2.75) is 13.8 Å². The Balaban J connectivity index is 2.15. The van der Waals surface area contributed by atoms with Gasteiger partial charge in [0.2, 0.25) is 0 Å². The number of hydrogen-bond donors (Lipinski definition) is 1. The Morgan fingerprint density at radius 2 is 2.16 bits per heavy atom. The van der Waals surface area contributed by atoms with Crippen molar-refractivity contribution in [3.05, 3.63) is 51.3 Å². The SMILES string of the molecule is CCNCC(C)=Cc1ccc(-c2cccc(Br)c2)s1. The highest BCUT2D eigenvalue weighted by Crippen LogP contribution is 2.30. The molecule has 0 amide bonds. The van der Waals surface area contributed by atoms with Crippen LogP contribution in [0.4, 0.5) is 0 Å². The van der Waals surface area contributed by atoms with Crippen molar-refractivity contribution < 1.29 is 0 Å². The average Bonchev–Trinajstić information content (AvgIpc) is 2.85. The first-order chi connectivity index (χ1) is 9.19. The van der Waals surface area contributed by atoms with Crippen LogP contribution in [0.25, 0.3) is 16.5 Å². The average molecular weight is 336 g/mol. The van der Waals surface area contributed by atoms with Gasteiger partial charge >= 0.3 is 0 Å². The third-order valence-electron chi connectivity index (χ3n) is 2.78. The zero-order chi connectivity index (χ0) is 13.7. The molecule has 0 aliphatic heterocycles. The van der Waals surface area contributed by atoms with E-state index in [2.05, 4.69) is 77.6 Å². The maximum atomic E-state index is 3.52. The van der Waals surface area contributed by atoms with E-state index in [-0.39, 0.29) is 0 Å². The minimum atomic E-state index is 0.959. The Morgan fingerprint density at radius 1 is 1.32 bits per heavy atom. The lowest BCUT2D eigenvalue weighted by molar-refractivity contribution is 0.779. The standard InChI is InChI=1S/C16H18BrNS/c1-3-18-11-12(2)9-15-7-8-16(19-15)13-5-4-6-14(17)10-13/h4-10,18H,3,11H2,1-2H3. The molecular formula is C16H18BrNS. The molecule has 19 heavy (non-hydrogen) atoms. The lowest BCUT2D eigenvalue weighted by Gasteiger charge is -2.00. The molecule has 1 aromatic heterocycles. The van der Waals surface area contributed by atoms with Crippen LogP contribution >= 0.6 is 27.3 Å². The summed E-state index contributed by atoms with van der Waals surface area (Å²) in [5.41, 5.74) is 2.63. The van der Waals surface area contributed by atoms with E-state index < -0.39 is 0 Å². The fourth-order valence-corrected chi connectivity index (χ4v) is 3.27. The molecule has 3 heteroatoms. The fraction of sp³-hybridized carbons (Fsp3) is 0.250. The van der Waals surface area contributed by atoms with Crippen LogP contribution in [0.1, 0.15) is 18.7 Å². The van der Waals surface area contributed by atoms with Crippen LogP contribution < -0.4 is 5.32 Å². The minimum Gasteiger partial charge on any atom is -0.313 e. The highest BCUT2D eigenvalue weighted by molar-refractivity contribution is 9.10. The lowest BCUT2D eigenvalue weighted by Crippen LogP contribution is -2.14. The fourth-order valence-electron chi connectivity index (χ4n) is 1.84. The molecule has 0 aliphatic carbocycles. The molecule has 0 aliphatic rings. The molecule has 0 spiro atoms. The summed E-state index contributed by atoms with van der Waals surface area (Å²) in [4.78, 5) is 2.62. The largest absolute Gasteiger partial charge is 0.313 e. The van der Waals surface area contributed by atoms with Gasteiger partial charge in [-0.25, -0.2) is 0 Å². The summed E-state index contributed by atoms with van der Waals surface area (Å²) in [7, 11) is 0. The van der Waals surface area contributed by atoms with E-state index in [4.69, 9.17) is 0 Å². The van der Waals surface area contributed by atoms with Crippen molar-refractivity contribution in [3.8, 4) is 10.4 Å². The van der Waals surface area contributed by atoms with Gasteiger partial charge in [0, 0.05) is 20.8 Å². The second-order valence-corrected chi connectivity index (χ2v) is 6.51. The Morgan fingerprint density at radius 3 is 2.89 bits per heavy atom. The molecule has 1 nitrogen and oxygen atoms in total. The molecule has 0 radical (unpaired) electrons. The van der Waals surface area contributed by atoms with Crippen LogP contribution in [0.15, 0.2) is 46.4 Å². The van der Waals surface area contributed by atoms with E-state index in [0.29, 0.717) is 0 Å². The molecule has 0 fully saturated rings. The van der Waals surface area contributed by atoms with Gasteiger partial charge in [0.25, 0.3) is 0 Å². The minimum absolute atomic E-state index is 0.959. The first-order valence-electron chi connectivity index (χ1n) is 6.42. The van der Waals surface area contributed by atoms with E-state index in [0.717, 1.165) is 17.6 Å². The molecule has 2 aromatic rings. The van der Waals surface area contributed by atoms with Gasteiger partial charge in [0.05, 0.1) is 0 Å². The Labute approximate surface area is 127 Å². The van der Waals surface area contributed by atoms with Gasteiger partial charge in [-0.2, -0.15) is 0 Å². The number of likely N-dealkylation sites (N-methyl/N-ethyl adjacent to an activating group) is 1. The molecule has 1 heterocycles. The van der Waals surface area contributed by atoms with Gasteiger partial charge in [-0.3, -0.25) is 0 Å². The summed E-state index contributed by atoms with van der Waals surface area (Å²) in [5.74, 6) is 0. The van der Waals surface area contributed by atoms with Crippen LogP contribution in [0.3, 0.4) is 0 Å². The van der Waals surface area contributed by atoms with Crippen LogP contribution in [-0.2, 0) is 0 Å². The van der Waals surface area contributed by atoms with Crippen LogP contribution in [0.2, 0.25) is 0 Å².